The fourth-order valence-corrected chi connectivity index (χ4v) is 5.67. The molecule has 1 fully saturated rings. The van der Waals surface area contributed by atoms with E-state index in [4.69, 9.17) is 4.74 Å². The zero-order chi connectivity index (χ0) is 17.9. The Morgan fingerprint density at radius 2 is 1.64 bits per heavy atom. The second-order valence-corrected chi connectivity index (χ2v) is 8.92. The molecule has 5 heteroatoms. The number of esters is 1. The number of ether oxygens (including phenoxy) is 1. The number of methoxy groups -OCH3 is 1. The Morgan fingerprint density at radius 1 is 1.00 bits per heavy atom. The Kier molecular flexibility index (Phi) is 4.95. The Balaban J connectivity index is 1.92. The van der Waals surface area contributed by atoms with Crippen molar-refractivity contribution in [2.45, 2.75) is 30.4 Å². The van der Waals surface area contributed by atoms with Crippen LogP contribution in [-0.2, 0) is 25.8 Å². The molecule has 1 aliphatic heterocycles. The minimum atomic E-state index is -3.53. The van der Waals surface area contributed by atoms with Gasteiger partial charge in [0, 0.05) is 6.42 Å². The third kappa shape index (κ3) is 3.33. The maximum atomic E-state index is 12.7. The van der Waals surface area contributed by atoms with Crippen LogP contribution >= 0.6 is 0 Å². The number of hydrogen-bond donors (Lipinski definition) is 0. The van der Waals surface area contributed by atoms with Gasteiger partial charge in [0.05, 0.1) is 12.9 Å². The molecule has 0 bridgehead atoms. The summed E-state index contributed by atoms with van der Waals surface area (Å²) in [6, 6.07) is 17.7. The lowest BCUT2D eigenvalue weighted by Crippen LogP contribution is -2.52. The normalized spacial score (nSPS) is 22.3. The van der Waals surface area contributed by atoms with E-state index in [1.165, 1.54) is 7.11 Å². The van der Waals surface area contributed by atoms with Crippen molar-refractivity contribution in [1.82, 2.24) is 0 Å². The van der Waals surface area contributed by atoms with Crippen molar-refractivity contribution in [2.24, 2.45) is 0 Å². The van der Waals surface area contributed by atoms with Crippen molar-refractivity contribution >= 4 is 15.8 Å². The topological polar surface area (TPSA) is 60.4 Å². The Hall–Kier alpha value is -2.14. The summed E-state index contributed by atoms with van der Waals surface area (Å²) in [4.78, 5) is 12.4. The highest BCUT2D eigenvalue weighted by atomic mass is 32.2. The second kappa shape index (κ2) is 7.00. The van der Waals surface area contributed by atoms with Crippen LogP contribution in [0.2, 0.25) is 0 Å². The summed E-state index contributed by atoms with van der Waals surface area (Å²) >= 11 is 0. The maximum Gasteiger partial charge on any atom is 0.327 e. The van der Waals surface area contributed by atoms with E-state index in [0.717, 1.165) is 23.1 Å². The Morgan fingerprint density at radius 3 is 2.24 bits per heavy atom. The lowest BCUT2D eigenvalue weighted by molar-refractivity contribution is -0.144. The zero-order valence-electron chi connectivity index (χ0n) is 14.3. The molecular weight excluding hydrogens is 336 g/mol. The smallest absolute Gasteiger partial charge is 0.327 e. The van der Waals surface area contributed by atoms with E-state index >= 15 is 0 Å². The lowest BCUT2D eigenvalue weighted by atomic mass is 9.91. The summed E-state index contributed by atoms with van der Waals surface area (Å²) in [5.41, 5.74) is 2.99. The molecule has 1 heterocycles. The maximum absolute atomic E-state index is 12.7. The molecule has 0 saturated carbocycles. The molecule has 1 atom stereocenters. The van der Waals surface area contributed by atoms with Crippen LogP contribution in [0, 0.1) is 0 Å². The molecule has 4 nitrogen and oxygen atoms in total. The molecule has 2 aromatic carbocycles. The van der Waals surface area contributed by atoms with Crippen molar-refractivity contribution < 1.29 is 17.9 Å². The number of benzene rings is 2. The fourth-order valence-electron chi connectivity index (χ4n) is 3.51. The summed E-state index contributed by atoms with van der Waals surface area (Å²) in [7, 11) is -2.27. The molecule has 0 N–H and O–H groups in total. The van der Waals surface area contributed by atoms with Crippen LogP contribution in [0.15, 0.2) is 54.6 Å². The number of sulfone groups is 1. The quantitative estimate of drug-likeness (QED) is 0.786. The third-order valence-electron chi connectivity index (χ3n) is 4.95. The highest BCUT2D eigenvalue weighted by Gasteiger charge is 2.52. The first-order valence-electron chi connectivity index (χ1n) is 8.44. The van der Waals surface area contributed by atoms with Gasteiger partial charge in [-0.15, -0.1) is 0 Å². The minimum Gasteiger partial charge on any atom is -0.468 e. The van der Waals surface area contributed by atoms with E-state index in [-0.39, 0.29) is 12.2 Å². The third-order valence-corrected chi connectivity index (χ3v) is 7.48. The average Bonchev–Trinajstić information content (AvgIpc) is 2.64. The molecule has 1 aliphatic rings. The molecule has 1 unspecified atom stereocenters. The van der Waals surface area contributed by atoms with Crippen molar-refractivity contribution in [3.8, 4) is 11.1 Å². The number of carbonyl (C=O) groups is 1. The molecule has 0 radical (unpaired) electrons. The summed E-state index contributed by atoms with van der Waals surface area (Å²) < 4.78 is 28.8. The SMILES string of the molecule is COC(=O)C1(Cc2ccc(-c3ccccc3)cc2)CCCCS1(=O)=O. The largest absolute Gasteiger partial charge is 0.468 e. The molecule has 1 saturated heterocycles. The standard InChI is InChI=1S/C20H22O4S/c1-24-19(21)20(13-5-6-14-25(20,22)23)15-16-9-11-18(12-10-16)17-7-3-2-4-8-17/h2-4,7-12H,5-6,13-15H2,1H3. The Labute approximate surface area is 148 Å². The fraction of sp³-hybridized carbons (Fsp3) is 0.350. The van der Waals surface area contributed by atoms with Crippen molar-refractivity contribution in [1.29, 1.82) is 0 Å². The van der Waals surface area contributed by atoms with Crippen LogP contribution in [0.25, 0.3) is 11.1 Å². The molecule has 132 valence electrons. The van der Waals surface area contributed by atoms with Gasteiger partial charge in [-0.3, -0.25) is 4.79 Å². The summed E-state index contributed by atoms with van der Waals surface area (Å²) in [5.74, 6) is -0.594. The van der Waals surface area contributed by atoms with Gasteiger partial charge in [0.15, 0.2) is 14.6 Å². The van der Waals surface area contributed by atoms with Crippen LogP contribution in [0.1, 0.15) is 24.8 Å². The van der Waals surface area contributed by atoms with Crippen LogP contribution < -0.4 is 0 Å². The number of hydrogen-bond acceptors (Lipinski definition) is 4. The highest BCUT2D eigenvalue weighted by molar-refractivity contribution is 7.93. The Bertz CT molecular complexity index is 841. The predicted octanol–water partition coefficient (Wildman–Crippen LogP) is 3.41. The molecule has 0 spiro atoms. The molecule has 25 heavy (non-hydrogen) atoms. The van der Waals surface area contributed by atoms with E-state index in [1.54, 1.807) is 0 Å². The lowest BCUT2D eigenvalue weighted by Gasteiger charge is -2.34. The molecule has 0 aromatic heterocycles. The van der Waals surface area contributed by atoms with Crippen molar-refractivity contribution in [2.75, 3.05) is 12.9 Å². The van der Waals surface area contributed by atoms with Crippen molar-refractivity contribution in [3.05, 3.63) is 60.2 Å². The average molecular weight is 358 g/mol. The zero-order valence-corrected chi connectivity index (χ0v) is 15.1. The van der Waals surface area contributed by atoms with Gasteiger partial charge in [0.25, 0.3) is 0 Å². The van der Waals surface area contributed by atoms with Crippen molar-refractivity contribution in [3.63, 3.8) is 0 Å². The highest BCUT2D eigenvalue weighted by Crippen LogP contribution is 2.36. The van der Waals surface area contributed by atoms with Gasteiger partial charge in [-0.25, -0.2) is 8.42 Å². The monoisotopic (exact) mass is 358 g/mol. The summed E-state index contributed by atoms with van der Waals surface area (Å²) in [6.45, 7) is 0. The summed E-state index contributed by atoms with van der Waals surface area (Å²) in [6.07, 6.45) is 1.81. The molecule has 0 aliphatic carbocycles. The van der Waals surface area contributed by atoms with Gasteiger partial charge in [-0.2, -0.15) is 0 Å². The first kappa shape index (κ1) is 17.7. The van der Waals surface area contributed by atoms with E-state index in [9.17, 15) is 13.2 Å². The second-order valence-electron chi connectivity index (χ2n) is 6.50. The summed E-state index contributed by atoms with van der Waals surface area (Å²) in [5, 5.41) is 0. The first-order valence-corrected chi connectivity index (χ1v) is 10.1. The van der Waals surface area contributed by atoms with E-state index in [2.05, 4.69) is 0 Å². The molecular formula is C20H22O4S. The molecule has 3 rings (SSSR count). The van der Waals surface area contributed by atoms with Crippen LogP contribution in [0.4, 0.5) is 0 Å². The van der Waals surface area contributed by atoms with E-state index in [0.29, 0.717) is 12.8 Å². The molecule has 2 aromatic rings. The van der Waals surface area contributed by atoms with Gasteiger partial charge < -0.3 is 4.74 Å². The van der Waals surface area contributed by atoms with Gasteiger partial charge in [0.1, 0.15) is 0 Å². The van der Waals surface area contributed by atoms with Crippen LogP contribution in [-0.4, -0.2) is 32.0 Å². The first-order chi connectivity index (χ1) is 12.0. The number of carbonyl (C=O) groups excluding carboxylic acids is 1. The van der Waals surface area contributed by atoms with Gasteiger partial charge in [-0.05, 0) is 29.5 Å². The van der Waals surface area contributed by atoms with Crippen LogP contribution in [0.5, 0.6) is 0 Å². The van der Waals surface area contributed by atoms with E-state index < -0.39 is 20.6 Å². The predicted molar refractivity (Wildman–Crippen MR) is 98.0 cm³/mol. The van der Waals surface area contributed by atoms with Gasteiger partial charge in [-0.1, -0.05) is 61.0 Å². The van der Waals surface area contributed by atoms with Gasteiger partial charge in [0.2, 0.25) is 0 Å². The minimum absolute atomic E-state index is 0.0458. The molecule has 0 amide bonds. The number of rotatable bonds is 4. The van der Waals surface area contributed by atoms with Crippen LogP contribution in [0.3, 0.4) is 0 Å². The van der Waals surface area contributed by atoms with Gasteiger partial charge >= 0.3 is 5.97 Å². The van der Waals surface area contributed by atoms with E-state index in [1.807, 2.05) is 54.6 Å².